The molecule has 0 aliphatic heterocycles. The Morgan fingerprint density at radius 1 is 1.04 bits per heavy atom. The number of halogens is 3. The summed E-state index contributed by atoms with van der Waals surface area (Å²) in [7, 11) is 1.56. The van der Waals surface area contributed by atoms with Gasteiger partial charge < -0.3 is 9.88 Å². The minimum Gasteiger partial charge on any atom is -0.319 e. The Hall–Kier alpha value is -3.09. The molecule has 3 aromatic rings. The number of rotatable bonds is 2. The molecule has 7 heteroatoms. The van der Waals surface area contributed by atoms with E-state index in [2.05, 4.69) is 5.32 Å². The van der Waals surface area contributed by atoms with E-state index in [1.807, 2.05) is 0 Å². The summed E-state index contributed by atoms with van der Waals surface area (Å²) >= 11 is 0. The van der Waals surface area contributed by atoms with Crippen molar-refractivity contribution in [2.45, 2.75) is 0 Å². The van der Waals surface area contributed by atoms with E-state index in [4.69, 9.17) is 0 Å². The van der Waals surface area contributed by atoms with Crippen LogP contribution in [0.2, 0.25) is 0 Å². The standard InChI is InChI=1S/C17H11F3N2O2/c1-22-13-5-3-2-4-9(13)10(8-14(22)23)17(24)21-12-7-6-11(18)15(19)16(12)20/h2-8H,1H3,(H,21,24). The monoisotopic (exact) mass is 332 g/mol. The number of pyridine rings is 1. The van der Waals surface area contributed by atoms with Crippen molar-refractivity contribution in [1.29, 1.82) is 0 Å². The number of hydrogen-bond donors (Lipinski definition) is 1. The van der Waals surface area contributed by atoms with Gasteiger partial charge >= 0.3 is 0 Å². The fraction of sp³-hybridized carbons (Fsp3) is 0.0588. The molecule has 4 nitrogen and oxygen atoms in total. The van der Waals surface area contributed by atoms with Gasteiger partial charge in [-0.3, -0.25) is 9.59 Å². The van der Waals surface area contributed by atoms with Gasteiger partial charge in [0.25, 0.3) is 11.5 Å². The minimum absolute atomic E-state index is 0.0119. The van der Waals surface area contributed by atoms with Crippen LogP contribution in [-0.2, 0) is 7.05 Å². The van der Waals surface area contributed by atoms with Gasteiger partial charge in [-0.05, 0) is 18.2 Å². The highest BCUT2D eigenvalue weighted by atomic mass is 19.2. The summed E-state index contributed by atoms with van der Waals surface area (Å²) in [4.78, 5) is 24.4. The van der Waals surface area contributed by atoms with Crippen molar-refractivity contribution in [3.63, 3.8) is 0 Å². The normalized spacial score (nSPS) is 10.8. The van der Waals surface area contributed by atoms with Crippen LogP contribution in [0.3, 0.4) is 0 Å². The Labute approximate surface area is 134 Å². The zero-order valence-electron chi connectivity index (χ0n) is 12.4. The lowest BCUT2D eigenvalue weighted by molar-refractivity contribution is 0.102. The summed E-state index contributed by atoms with van der Waals surface area (Å²) in [5.74, 6) is -5.34. The third kappa shape index (κ3) is 2.54. The third-order valence-electron chi connectivity index (χ3n) is 3.68. The number of carbonyl (C=O) groups excluding carboxylic acids is 1. The molecule has 0 radical (unpaired) electrons. The number of nitrogens with zero attached hydrogens (tertiary/aromatic N) is 1. The zero-order valence-corrected chi connectivity index (χ0v) is 12.4. The second-order valence-corrected chi connectivity index (χ2v) is 5.15. The molecule has 24 heavy (non-hydrogen) atoms. The highest BCUT2D eigenvalue weighted by Crippen LogP contribution is 2.22. The number of fused-ring (bicyclic) bond motifs is 1. The number of carbonyl (C=O) groups is 1. The number of benzene rings is 2. The summed E-state index contributed by atoms with van der Waals surface area (Å²) in [5, 5.41) is 2.64. The topological polar surface area (TPSA) is 51.1 Å². The van der Waals surface area contributed by atoms with Crippen LogP contribution in [0.5, 0.6) is 0 Å². The van der Waals surface area contributed by atoms with Crippen LogP contribution in [0.1, 0.15) is 10.4 Å². The molecular formula is C17H11F3N2O2. The number of nitrogens with one attached hydrogen (secondary N) is 1. The Bertz CT molecular complexity index is 1030. The van der Waals surface area contributed by atoms with E-state index >= 15 is 0 Å². The fourth-order valence-corrected chi connectivity index (χ4v) is 2.41. The first-order valence-electron chi connectivity index (χ1n) is 6.94. The van der Waals surface area contributed by atoms with Crippen molar-refractivity contribution < 1.29 is 18.0 Å². The lowest BCUT2D eigenvalue weighted by Gasteiger charge is -2.11. The molecule has 1 aromatic heterocycles. The molecule has 2 aromatic carbocycles. The number of para-hydroxylation sites is 1. The lowest BCUT2D eigenvalue weighted by atomic mass is 10.1. The first-order chi connectivity index (χ1) is 11.4. The number of aromatic nitrogens is 1. The Morgan fingerprint density at radius 2 is 1.75 bits per heavy atom. The van der Waals surface area contributed by atoms with Gasteiger partial charge in [-0.25, -0.2) is 13.2 Å². The molecule has 1 heterocycles. The molecule has 0 unspecified atom stereocenters. The first-order valence-corrected chi connectivity index (χ1v) is 6.94. The molecular weight excluding hydrogens is 321 g/mol. The Morgan fingerprint density at radius 3 is 2.50 bits per heavy atom. The van der Waals surface area contributed by atoms with Crippen LogP contribution in [0.25, 0.3) is 10.9 Å². The molecule has 0 bridgehead atoms. The molecule has 0 fully saturated rings. The van der Waals surface area contributed by atoms with Crippen LogP contribution in [0.4, 0.5) is 18.9 Å². The second-order valence-electron chi connectivity index (χ2n) is 5.15. The van der Waals surface area contributed by atoms with Gasteiger partial charge in [-0.1, -0.05) is 18.2 Å². The van der Waals surface area contributed by atoms with Gasteiger partial charge in [-0.15, -0.1) is 0 Å². The van der Waals surface area contributed by atoms with Gasteiger partial charge in [0.1, 0.15) is 0 Å². The maximum Gasteiger partial charge on any atom is 0.256 e. The van der Waals surface area contributed by atoms with E-state index in [9.17, 15) is 22.8 Å². The third-order valence-corrected chi connectivity index (χ3v) is 3.68. The molecule has 122 valence electrons. The van der Waals surface area contributed by atoms with Crippen LogP contribution < -0.4 is 10.9 Å². The quantitative estimate of drug-likeness (QED) is 0.733. The smallest absolute Gasteiger partial charge is 0.256 e. The highest BCUT2D eigenvalue weighted by molar-refractivity contribution is 6.12. The highest BCUT2D eigenvalue weighted by Gasteiger charge is 2.18. The summed E-state index contributed by atoms with van der Waals surface area (Å²) in [5.41, 5.74) is -0.410. The molecule has 0 saturated heterocycles. The van der Waals surface area contributed by atoms with Gasteiger partial charge in [0.05, 0.1) is 16.8 Å². The van der Waals surface area contributed by atoms with Gasteiger partial charge in [0, 0.05) is 18.5 Å². The summed E-state index contributed by atoms with van der Waals surface area (Å²) in [6.45, 7) is 0. The average molecular weight is 332 g/mol. The number of hydrogen-bond acceptors (Lipinski definition) is 2. The van der Waals surface area contributed by atoms with E-state index in [1.54, 1.807) is 31.3 Å². The largest absolute Gasteiger partial charge is 0.319 e. The van der Waals surface area contributed by atoms with Crippen LogP contribution in [0, 0.1) is 17.5 Å². The number of aryl methyl sites for hydroxylation is 1. The van der Waals surface area contributed by atoms with E-state index in [0.717, 1.165) is 12.1 Å². The van der Waals surface area contributed by atoms with E-state index in [-0.39, 0.29) is 5.56 Å². The second kappa shape index (κ2) is 5.84. The molecule has 0 aliphatic rings. The van der Waals surface area contributed by atoms with E-state index < -0.39 is 34.6 Å². The molecule has 0 atom stereocenters. The average Bonchev–Trinajstić information content (AvgIpc) is 2.58. The molecule has 0 aliphatic carbocycles. The predicted octanol–water partition coefficient (Wildman–Crippen LogP) is 3.21. The maximum atomic E-state index is 13.7. The van der Waals surface area contributed by atoms with Crippen molar-refractivity contribution in [3.8, 4) is 0 Å². The van der Waals surface area contributed by atoms with E-state index in [0.29, 0.717) is 17.0 Å². The first kappa shape index (κ1) is 15.8. The van der Waals surface area contributed by atoms with Crippen molar-refractivity contribution in [2.75, 3.05) is 5.32 Å². The van der Waals surface area contributed by atoms with Crippen LogP contribution in [0.15, 0.2) is 47.3 Å². The fourth-order valence-electron chi connectivity index (χ4n) is 2.41. The molecule has 1 amide bonds. The van der Waals surface area contributed by atoms with Crippen molar-refractivity contribution >= 4 is 22.5 Å². The minimum atomic E-state index is -1.68. The van der Waals surface area contributed by atoms with Crippen LogP contribution in [-0.4, -0.2) is 10.5 Å². The summed E-state index contributed by atoms with van der Waals surface area (Å²) in [6.07, 6.45) is 0. The number of anilines is 1. The van der Waals surface area contributed by atoms with Crippen molar-refractivity contribution in [1.82, 2.24) is 4.57 Å². The lowest BCUT2D eigenvalue weighted by Crippen LogP contribution is -2.22. The SMILES string of the molecule is Cn1c(=O)cc(C(=O)Nc2ccc(F)c(F)c2F)c2ccccc21. The predicted molar refractivity (Wildman–Crippen MR) is 83.5 cm³/mol. The van der Waals surface area contributed by atoms with Crippen molar-refractivity contribution in [2.24, 2.45) is 7.05 Å². The Kier molecular flexibility index (Phi) is 3.84. The Balaban J connectivity index is 2.09. The molecule has 1 N–H and O–H groups in total. The van der Waals surface area contributed by atoms with Gasteiger partial charge in [0.15, 0.2) is 17.5 Å². The van der Waals surface area contributed by atoms with E-state index in [1.165, 1.54) is 4.57 Å². The zero-order chi connectivity index (χ0) is 17.4. The van der Waals surface area contributed by atoms with Crippen molar-refractivity contribution in [3.05, 3.63) is 75.8 Å². The van der Waals surface area contributed by atoms with Gasteiger partial charge in [0.2, 0.25) is 0 Å². The van der Waals surface area contributed by atoms with Gasteiger partial charge in [-0.2, -0.15) is 0 Å². The number of amides is 1. The maximum absolute atomic E-state index is 13.7. The molecule has 0 saturated carbocycles. The van der Waals surface area contributed by atoms with Crippen LogP contribution >= 0.6 is 0 Å². The summed E-state index contributed by atoms with van der Waals surface area (Å²) in [6, 6.07) is 9.40. The molecule has 0 spiro atoms. The molecule has 3 rings (SSSR count). The summed E-state index contributed by atoms with van der Waals surface area (Å²) < 4.78 is 41.3.